The monoisotopic (exact) mass is 218 g/mol. The Hall–Kier alpha value is -0.860. The van der Waals surface area contributed by atoms with Crippen molar-refractivity contribution in [1.82, 2.24) is 10.2 Å². The van der Waals surface area contributed by atoms with E-state index in [4.69, 9.17) is 0 Å². The minimum atomic E-state index is 0.193. The first-order valence-electron chi connectivity index (χ1n) is 6.02. The fraction of sp³-hybridized carbons (Fsp3) is 0.571. The summed E-state index contributed by atoms with van der Waals surface area (Å²) in [6.07, 6.45) is 1.20. The Morgan fingerprint density at radius 2 is 1.94 bits per heavy atom. The van der Waals surface area contributed by atoms with Crippen LogP contribution in [0, 0.1) is 13.8 Å². The molecule has 16 heavy (non-hydrogen) atoms. The quantitative estimate of drug-likeness (QED) is 0.817. The van der Waals surface area contributed by atoms with E-state index in [1.54, 1.807) is 0 Å². The van der Waals surface area contributed by atoms with Crippen molar-refractivity contribution in [1.29, 1.82) is 0 Å². The second-order valence-electron chi connectivity index (χ2n) is 5.15. The lowest BCUT2D eigenvalue weighted by Gasteiger charge is -2.36. The minimum absolute atomic E-state index is 0.193. The Kier molecular flexibility index (Phi) is 3.04. The van der Waals surface area contributed by atoms with Crippen LogP contribution in [0.4, 0.5) is 0 Å². The van der Waals surface area contributed by atoms with Crippen molar-refractivity contribution >= 4 is 0 Å². The molecule has 1 atom stereocenters. The lowest BCUT2D eigenvalue weighted by Crippen LogP contribution is -2.43. The van der Waals surface area contributed by atoms with Crippen LogP contribution in [-0.2, 0) is 5.54 Å². The first-order valence-corrected chi connectivity index (χ1v) is 6.02. The zero-order valence-corrected chi connectivity index (χ0v) is 10.8. The zero-order valence-electron chi connectivity index (χ0n) is 10.8. The van der Waals surface area contributed by atoms with Crippen LogP contribution < -0.4 is 5.32 Å². The average molecular weight is 218 g/mol. The number of likely N-dealkylation sites (N-methyl/N-ethyl adjacent to an activating group) is 1. The van der Waals surface area contributed by atoms with Gasteiger partial charge in [0.15, 0.2) is 0 Å². The van der Waals surface area contributed by atoms with E-state index in [-0.39, 0.29) is 5.54 Å². The molecule has 1 aliphatic rings. The summed E-state index contributed by atoms with van der Waals surface area (Å²) in [7, 11) is 4.37. The molecule has 1 N–H and O–H groups in total. The van der Waals surface area contributed by atoms with Gasteiger partial charge in [-0.15, -0.1) is 0 Å². The fourth-order valence-electron chi connectivity index (χ4n) is 2.60. The van der Waals surface area contributed by atoms with Gasteiger partial charge in [-0.25, -0.2) is 0 Å². The third-order valence-electron chi connectivity index (χ3n) is 4.03. The number of hydrogen-bond acceptors (Lipinski definition) is 2. The molecule has 0 radical (unpaired) electrons. The number of nitrogens with one attached hydrogen (secondary N) is 1. The van der Waals surface area contributed by atoms with Crippen molar-refractivity contribution in [2.75, 3.05) is 27.2 Å². The van der Waals surface area contributed by atoms with Crippen molar-refractivity contribution < 1.29 is 0 Å². The van der Waals surface area contributed by atoms with E-state index in [0.29, 0.717) is 0 Å². The summed E-state index contributed by atoms with van der Waals surface area (Å²) < 4.78 is 0. The normalized spacial score (nSPS) is 25.3. The van der Waals surface area contributed by atoms with Crippen LogP contribution in [0.5, 0.6) is 0 Å². The fourth-order valence-corrected chi connectivity index (χ4v) is 2.60. The number of benzene rings is 1. The van der Waals surface area contributed by atoms with Gasteiger partial charge in [-0.1, -0.05) is 18.2 Å². The summed E-state index contributed by atoms with van der Waals surface area (Å²) in [4.78, 5) is 2.36. The highest BCUT2D eigenvalue weighted by Gasteiger charge is 2.37. The van der Waals surface area contributed by atoms with Crippen LogP contribution >= 0.6 is 0 Å². The SMILES string of the molecule is Cc1ccc(C2(N(C)C)CCNC2)cc1C. The van der Waals surface area contributed by atoms with Crippen LogP contribution in [0.1, 0.15) is 23.1 Å². The molecule has 2 rings (SSSR count). The van der Waals surface area contributed by atoms with Crippen LogP contribution in [0.15, 0.2) is 18.2 Å². The molecule has 2 nitrogen and oxygen atoms in total. The highest BCUT2D eigenvalue weighted by Crippen LogP contribution is 2.33. The van der Waals surface area contributed by atoms with Gasteiger partial charge in [-0.05, 0) is 57.6 Å². The molecule has 0 saturated carbocycles. The van der Waals surface area contributed by atoms with Crippen molar-refractivity contribution in [3.63, 3.8) is 0 Å². The van der Waals surface area contributed by atoms with E-state index < -0.39 is 0 Å². The molecule has 0 amide bonds. The lowest BCUT2D eigenvalue weighted by atomic mass is 9.86. The van der Waals surface area contributed by atoms with E-state index in [9.17, 15) is 0 Å². The maximum atomic E-state index is 3.49. The molecule has 1 aliphatic heterocycles. The van der Waals surface area contributed by atoms with E-state index in [2.05, 4.69) is 56.4 Å². The Balaban J connectivity index is 2.43. The molecule has 1 heterocycles. The zero-order chi connectivity index (χ0) is 11.8. The summed E-state index contributed by atoms with van der Waals surface area (Å²) in [6.45, 7) is 6.55. The summed E-state index contributed by atoms with van der Waals surface area (Å²) in [5, 5.41) is 3.49. The number of hydrogen-bond donors (Lipinski definition) is 1. The number of aryl methyl sites for hydroxylation is 2. The lowest BCUT2D eigenvalue weighted by molar-refractivity contribution is 0.174. The maximum absolute atomic E-state index is 3.49. The predicted octanol–water partition coefficient (Wildman–Crippen LogP) is 2.05. The van der Waals surface area contributed by atoms with Gasteiger partial charge in [-0.2, -0.15) is 0 Å². The molecule has 1 aromatic rings. The van der Waals surface area contributed by atoms with Crippen LogP contribution in [0.3, 0.4) is 0 Å². The van der Waals surface area contributed by atoms with Crippen LogP contribution in [0.25, 0.3) is 0 Å². The Morgan fingerprint density at radius 1 is 1.19 bits per heavy atom. The van der Waals surface area contributed by atoms with Crippen LogP contribution in [-0.4, -0.2) is 32.1 Å². The molecule has 0 bridgehead atoms. The van der Waals surface area contributed by atoms with E-state index in [1.807, 2.05) is 0 Å². The Bertz CT molecular complexity index is 376. The molecule has 0 spiro atoms. The summed E-state index contributed by atoms with van der Waals surface area (Å²) in [6, 6.07) is 6.88. The second-order valence-corrected chi connectivity index (χ2v) is 5.15. The largest absolute Gasteiger partial charge is 0.314 e. The molecular weight excluding hydrogens is 196 g/mol. The molecule has 0 aromatic heterocycles. The molecule has 1 fully saturated rings. The standard InChI is InChI=1S/C14H22N2/c1-11-5-6-13(9-12(11)2)14(16(3)4)7-8-15-10-14/h5-6,9,15H,7-8,10H2,1-4H3. The summed E-state index contributed by atoms with van der Waals surface area (Å²) >= 11 is 0. The number of rotatable bonds is 2. The van der Waals surface area contributed by atoms with E-state index in [0.717, 1.165) is 13.1 Å². The predicted molar refractivity (Wildman–Crippen MR) is 68.8 cm³/mol. The maximum Gasteiger partial charge on any atom is 0.0593 e. The van der Waals surface area contributed by atoms with E-state index >= 15 is 0 Å². The molecule has 0 aliphatic carbocycles. The molecule has 1 unspecified atom stereocenters. The molecular formula is C14H22N2. The third kappa shape index (κ3) is 1.76. The van der Waals surface area contributed by atoms with Gasteiger partial charge in [0.1, 0.15) is 0 Å². The highest BCUT2D eigenvalue weighted by molar-refractivity contribution is 5.35. The van der Waals surface area contributed by atoms with Crippen molar-refractivity contribution in [3.05, 3.63) is 34.9 Å². The second kappa shape index (κ2) is 4.19. The van der Waals surface area contributed by atoms with Gasteiger partial charge in [0.05, 0.1) is 5.54 Å². The molecule has 1 saturated heterocycles. The Morgan fingerprint density at radius 3 is 2.44 bits per heavy atom. The smallest absolute Gasteiger partial charge is 0.0593 e. The summed E-state index contributed by atoms with van der Waals surface area (Å²) in [5.74, 6) is 0. The first-order chi connectivity index (χ1) is 7.56. The Labute approximate surface area is 98.7 Å². The van der Waals surface area contributed by atoms with Gasteiger partial charge in [-0.3, -0.25) is 4.90 Å². The first kappa shape index (κ1) is 11.6. The molecule has 2 heteroatoms. The number of nitrogens with zero attached hydrogens (tertiary/aromatic N) is 1. The van der Waals surface area contributed by atoms with Gasteiger partial charge < -0.3 is 5.32 Å². The molecule has 88 valence electrons. The third-order valence-corrected chi connectivity index (χ3v) is 4.03. The van der Waals surface area contributed by atoms with Crippen LogP contribution in [0.2, 0.25) is 0 Å². The van der Waals surface area contributed by atoms with Crippen molar-refractivity contribution in [3.8, 4) is 0 Å². The summed E-state index contributed by atoms with van der Waals surface area (Å²) in [5.41, 5.74) is 4.41. The van der Waals surface area contributed by atoms with Gasteiger partial charge in [0, 0.05) is 6.54 Å². The van der Waals surface area contributed by atoms with Crippen molar-refractivity contribution in [2.45, 2.75) is 25.8 Å². The van der Waals surface area contributed by atoms with Gasteiger partial charge >= 0.3 is 0 Å². The average Bonchev–Trinajstić information content (AvgIpc) is 2.72. The topological polar surface area (TPSA) is 15.3 Å². The minimum Gasteiger partial charge on any atom is -0.314 e. The van der Waals surface area contributed by atoms with Gasteiger partial charge in [0.25, 0.3) is 0 Å². The van der Waals surface area contributed by atoms with E-state index in [1.165, 1.54) is 23.1 Å². The van der Waals surface area contributed by atoms with Crippen molar-refractivity contribution in [2.24, 2.45) is 0 Å². The highest BCUT2D eigenvalue weighted by atomic mass is 15.2. The molecule has 1 aromatic carbocycles. The van der Waals surface area contributed by atoms with Gasteiger partial charge in [0.2, 0.25) is 0 Å².